The number of aromatic nitrogens is 4. The van der Waals surface area contributed by atoms with Crippen LogP contribution < -0.4 is 5.32 Å². The van der Waals surface area contributed by atoms with E-state index in [2.05, 4.69) is 26.3 Å². The van der Waals surface area contributed by atoms with Gasteiger partial charge in [-0.2, -0.15) is 0 Å². The number of hydrogen-bond donors (Lipinski definition) is 2. The molecule has 4 aromatic rings. The Morgan fingerprint density at radius 1 is 1.18 bits per heavy atom. The normalized spacial score (nSPS) is 16.8. The van der Waals surface area contributed by atoms with Gasteiger partial charge in [-0.1, -0.05) is 12.1 Å². The van der Waals surface area contributed by atoms with Crippen LogP contribution in [0, 0.1) is 0 Å². The second kappa shape index (κ2) is 6.60. The van der Waals surface area contributed by atoms with Gasteiger partial charge in [0.1, 0.15) is 5.82 Å². The fraction of sp³-hybridized carbons (Fsp3) is 0.238. The lowest BCUT2D eigenvalue weighted by molar-refractivity contribution is -0.127. The summed E-state index contributed by atoms with van der Waals surface area (Å²) in [5.41, 5.74) is 5.39. The summed E-state index contributed by atoms with van der Waals surface area (Å²) >= 11 is 0. The fourth-order valence-electron chi connectivity index (χ4n) is 3.82. The lowest BCUT2D eigenvalue weighted by Crippen LogP contribution is -2.29. The van der Waals surface area contributed by atoms with Crippen LogP contribution in [0.15, 0.2) is 48.8 Å². The van der Waals surface area contributed by atoms with Crippen LogP contribution in [0.4, 0.5) is 5.69 Å². The topological polar surface area (TPSA) is 86.8 Å². The first-order valence-corrected chi connectivity index (χ1v) is 9.39. The molecule has 5 rings (SSSR count). The Hall–Kier alpha value is -3.48. The first kappa shape index (κ1) is 16.7. The highest BCUT2D eigenvalue weighted by atomic mass is 16.2. The van der Waals surface area contributed by atoms with Gasteiger partial charge in [0.25, 0.3) is 0 Å². The van der Waals surface area contributed by atoms with E-state index in [1.807, 2.05) is 35.2 Å². The van der Waals surface area contributed by atoms with Crippen molar-refractivity contribution in [2.75, 3.05) is 18.4 Å². The Morgan fingerprint density at radius 2 is 2.04 bits per heavy atom. The summed E-state index contributed by atoms with van der Waals surface area (Å²) in [5.74, 6) is 0.892. The molecule has 0 saturated carbocycles. The predicted octanol–water partition coefficient (Wildman–Crippen LogP) is 3.21. The molecule has 2 aromatic heterocycles. The molecule has 28 heavy (non-hydrogen) atoms. The van der Waals surface area contributed by atoms with Crippen molar-refractivity contribution in [2.45, 2.75) is 19.4 Å². The molecule has 0 bridgehead atoms. The van der Waals surface area contributed by atoms with E-state index >= 15 is 0 Å². The minimum Gasteiger partial charge on any atom is -0.380 e. The number of anilines is 1. The third kappa shape index (κ3) is 2.94. The number of amides is 1. The monoisotopic (exact) mass is 372 g/mol. The van der Waals surface area contributed by atoms with Crippen LogP contribution in [0.1, 0.15) is 13.3 Å². The van der Waals surface area contributed by atoms with Gasteiger partial charge in [0.15, 0.2) is 0 Å². The van der Waals surface area contributed by atoms with E-state index in [1.54, 1.807) is 19.3 Å². The van der Waals surface area contributed by atoms with Crippen molar-refractivity contribution in [2.24, 2.45) is 0 Å². The lowest BCUT2D eigenvalue weighted by Gasteiger charge is -2.17. The van der Waals surface area contributed by atoms with Crippen molar-refractivity contribution in [3.63, 3.8) is 0 Å². The molecule has 1 fully saturated rings. The predicted molar refractivity (Wildman–Crippen MR) is 109 cm³/mol. The zero-order chi connectivity index (χ0) is 19.1. The van der Waals surface area contributed by atoms with Gasteiger partial charge in [0.05, 0.1) is 22.1 Å². The molecule has 1 aliphatic heterocycles. The number of fused-ring (bicyclic) bond motifs is 2. The second-order valence-corrected chi connectivity index (χ2v) is 7.15. The largest absolute Gasteiger partial charge is 0.380 e. The SMILES string of the molecule is CC(=O)N1CC[C@H](Nc2cc(-c3nc4ccccc4[nH]3)c3nccnc3c2)C1. The first-order chi connectivity index (χ1) is 13.7. The average Bonchev–Trinajstić information content (AvgIpc) is 3.34. The summed E-state index contributed by atoms with van der Waals surface area (Å²) in [5, 5.41) is 3.56. The number of benzene rings is 2. The van der Waals surface area contributed by atoms with Crippen LogP contribution in [0.3, 0.4) is 0 Å². The molecule has 2 N–H and O–H groups in total. The summed E-state index contributed by atoms with van der Waals surface area (Å²) in [4.78, 5) is 30.6. The molecular formula is C21H20N6O. The Morgan fingerprint density at radius 3 is 2.86 bits per heavy atom. The Bertz CT molecular complexity index is 1150. The Labute approximate surface area is 161 Å². The summed E-state index contributed by atoms with van der Waals surface area (Å²) in [7, 11) is 0. The van der Waals surface area contributed by atoms with Crippen molar-refractivity contribution < 1.29 is 4.79 Å². The number of para-hydroxylation sites is 2. The second-order valence-electron chi connectivity index (χ2n) is 7.15. The third-order valence-electron chi connectivity index (χ3n) is 5.22. The third-order valence-corrected chi connectivity index (χ3v) is 5.22. The summed E-state index contributed by atoms with van der Waals surface area (Å²) in [6.07, 6.45) is 4.32. The van der Waals surface area contributed by atoms with Crippen LogP contribution in [-0.4, -0.2) is 49.9 Å². The number of aromatic amines is 1. The number of nitrogens with zero attached hydrogens (tertiary/aromatic N) is 4. The minimum absolute atomic E-state index is 0.122. The number of hydrogen-bond acceptors (Lipinski definition) is 5. The highest BCUT2D eigenvalue weighted by Gasteiger charge is 2.24. The van der Waals surface area contributed by atoms with Crippen LogP contribution >= 0.6 is 0 Å². The van der Waals surface area contributed by atoms with Gasteiger partial charge >= 0.3 is 0 Å². The Balaban J connectivity index is 1.55. The van der Waals surface area contributed by atoms with E-state index in [4.69, 9.17) is 4.98 Å². The molecule has 0 spiro atoms. The van der Waals surface area contributed by atoms with Gasteiger partial charge in [0, 0.05) is 49.7 Å². The van der Waals surface area contributed by atoms with Gasteiger partial charge in [-0.3, -0.25) is 14.8 Å². The number of likely N-dealkylation sites (tertiary alicyclic amines) is 1. The highest BCUT2D eigenvalue weighted by molar-refractivity contribution is 5.94. The lowest BCUT2D eigenvalue weighted by atomic mass is 10.1. The molecule has 1 amide bonds. The van der Waals surface area contributed by atoms with Crippen LogP contribution in [-0.2, 0) is 4.79 Å². The van der Waals surface area contributed by atoms with E-state index in [-0.39, 0.29) is 11.9 Å². The van der Waals surface area contributed by atoms with E-state index in [1.165, 1.54) is 0 Å². The molecule has 2 aromatic carbocycles. The fourth-order valence-corrected chi connectivity index (χ4v) is 3.82. The van der Waals surface area contributed by atoms with Gasteiger partial charge < -0.3 is 15.2 Å². The van der Waals surface area contributed by atoms with Gasteiger partial charge in [-0.05, 0) is 30.7 Å². The number of nitrogens with one attached hydrogen (secondary N) is 2. The van der Waals surface area contributed by atoms with E-state index in [0.29, 0.717) is 6.54 Å². The molecule has 140 valence electrons. The van der Waals surface area contributed by atoms with E-state index in [0.717, 1.165) is 52.1 Å². The van der Waals surface area contributed by atoms with Crippen molar-refractivity contribution in [1.29, 1.82) is 0 Å². The molecule has 7 nitrogen and oxygen atoms in total. The quantitative estimate of drug-likeness (QED) is 0.577. The molecular weight excluding hydrogens is 352 g/mol. The van der Waals surface area contributed by atoms with Gasteiger partial charge in [-0.15, -0.1) is 0 Å². The van der Waals surface area contributed by atoms with E-state index in [9.17, 15) is 4.79 Å². The molecule has 0 unspecified atom stereocenters. The van der Waals surface area contributed by atoms with Crippen molar-refractivity contribution in [3.05, 3.63) is 48.8 Å². The molecule has 7 heteroatoms. The maximum atomic E-state index is 11.6. The average molecular weight is 372 g/mol. The van der Waals surface area contributed by atoms with Gasteiger partial charge in [-0.25, -0.2) is 4.98 Å². The number of carbonyl (C=O) groups excluding carboxylic acids is 1. The summed E-state index contributed by atoms with van der Waals surface area (Å²) < 4.78 is 0. The van der Waals surface area contributed by atoms with Crippen LogP contribution in [0.25, 0.3) is 33.5 Å². The van der Waals surface area contributed by atoms with Crippen LogP contribution in [0.5, 0.6) is 0 Å². The standard InChI is InChI=1S/C21H20N6O/c1-13(28)27-9-6-14(12-27)24-15-10-16(20-19(11-15)22-7-8-23-20)21-25-17-4-2-3-5-18(17)26-21/h2-5,7-8,10-11,14,24H,6,9,12H2,1H3,(H,25,26)/t14-/m0/s1. The van der Waals surface area contributed by atoms with Crippen LogP contribution in [0.2, 0.25) is 0 Å². The maximum absolute atomic E-state index is 11.6. The zero-order valence-electron chi connectivity index (χ0n) is 15.5. The summed E-state index contributed by atoms with van der Waals surface area (Å²) in [6.45, 7) is 3.12. The number of rotatable bonds is 3. The molecule has 1 atom stereocenters. The van der Waals surface area contributed by atoms with Crippen molar-refractivity contribution in [3.8, 4) is 11.4 Å². The zero-order valence-corrected chi connectivity index (χ0v) is 15.5. The molecule has 0 aliphatic carbocycles. The van der Waals surface area contributed by atoms with Crippen molar-refractivity contribution >= 4 is 33.7 Å². The minimum atomic E-state index is 0.122. The van der Waals surface area contributed by atoms with E-state index < -0.39 is 0 Å². The maximum Gasteiger partial charge on any atom is 0.219 e. The van der Waals surface area contributed by atoms with Crippen molar-refractivity contribution in [1.82, 2.24) is 24.8 Å². The molecule has 0 radical (unpaired) electrons. The number of H-pyrrole nitrogens is 1. The number of imidazole rings is 1. The summed E-state index contributed by atoms with van der Waals surface area (Å²) in [6, 6.07) is 12.2. The highest BCUT2D eigenvalue weighted by Crippen LogP contribution is 2.30. The molecule has 3 heterocycles. The van der Waals surface area contributed by atoms with Gasteiger partial charge in [0.2, 0.25) is 5.91 Å². The smallest absolute Gasteiger partial charge is 0.219 e. The molecule has 1 saturated heterocycles. The first-order valence-electron chi connectivity index (χ1n) is 9.39. The molecule has 1 aliphatic rings. The Kier molecular flexibility index (Phi) is 3.93. The number of carbonyl (C=O) groups is 1.